The Kier molecular flexibility index (Phi) is 2.95. The lowest BCUT2D eigenvalue weighted by Gasteiger charge is -1.91. The van der Waals surface area contributed by atoms with Gasteiger partial charge in [0, 0.05) is 5.38 Å². The van der Waals surface area contributed by atoms with Crippen LogP contribution in [0.4, 0.5) is 0 Å². The van der Waals surface area contributed by atoms with Gasteiger partial charge in [-0.2, -0.15) is 4.68 Å². The number of thiazole rings is 1. The Hall–Kier alpha value is -1.83. The van der Waals surface area contributed by atoms with Crippen LogP contribution < -0.4 is 0 Å². The summed E-state index contributed by atoms with van der Waals surface area (Å²) in [6.45, 7) is 0. The first kappa shape index (κ1) is 12.0. The maximum absolute atomic E-state index is 4.61. The zero-order valence-corrected chi connectivity index (χ0v) is 12.6. The molecule has 0 spiro atoms. The molecule has 0 aliphatic heterocycles. The summed E-state index contributed by atoms with van der Waals surface area (Å²) in [4.78, 5) is 6.90. The molecule has 0 atom stereocenters. The topological polar surface area (TPSA) is 43.6 Å². The zero-order valence-electron chi connectivity index (χ0n) is 10.1. The number of hydrogen-bond donors (Lipinski definition) is 0. The predicted octanol–water partition coefficient (Wildman–Crippen LogP) is 4.18. The van der Waals surface area contributed by atoms with Crippen LogP contribution in [-0.4, -0.2) is 20.0 Å². The number of nitrogens with zero attached hydrogens (tertiary/aromatic N) is 4. The van der Waals surface area contributed by atoms with Gasteiger partial charge in [-0.15, -0.1) is 39.1 Å². The molecule has 0 aromatic carbocycles. The number of thiophene rings is 2. The molecule has 98 valence electrons. The summed E-state index contributed by atoms with van der Waals surface area (Å²) in [6, 6.07) is 8.15. The van der Waals surface area contributed by atoms with E-state index in [4.69, 9.17) is 0 Å². The molecule has 4 aromatic rings. The van der Waals surface area contributed by atoms with E-state index in [1.807, 2.05) is 35.2 Å². The summed E-state index contributed by atoms with van der Waals surface area (Å²) in [7, 11) is 0. The van der Waals surface area contributed by atoms with Crippen molar-refractivity contribution in [1.82, 2.24) is 20.0 Å². The average molecular weight is 316 g/mol. The quantitative estimate of drug-likeness (QED) is 0.569. The highest BCUT2D eigenvalue weighted by Gasteiger charge is 2.10. The summed E-state index contributed by atoms with van der Waals surface area (Å²) >= 11 is 4.92. The fraction of sp³-hybridized carbons (Fsp3) is 0. The summed E-state index contributed by atoms with van der Waals surface area (Å²) in [5.74, 6) is 0. The molecule has 0 fully saturated rings. The van der Waals surface area contributed by atoms with Crippen LogP contribution in [-0.2, 0) is 0 Å². The van der Waals surface area contributed by atoms with Crippen LogP contribution in [0.2, 0.25) is 0 Å². The maximum atomic E-state index is 4.61. The van der Waals surface area contributed by atoms with Gasteiger partial charge in [0.05, 0.1) is 21.6 Å². The second kappa shape index (κ2) is 4.93. The van der Waals surface area contributed by atoms with Crippen molar-refractivity contribution in [2.24, 2.45) is 0 Å². The Morgan fingerprint density at radius 1 is 0.900 bits per heavy atom. The fourth-order valence-electron chi connectivity index (χ4n) is 1.80. The van der Waals surface area contributed by atoms with Crippen molar-refractivity contribution in [1.29, 1.82) is 0 Å². The molecule has 0 unspecified atom stereocenters. The van der Waals surface area contributed by atoms with Crippen LogP contribution in [0.25, 0.3) is 26.3 Å². The van der Waals surface area contributed by atoms with Crippen molar-refractivity contribution in [3.63, 3.8) is 0 Å². The van der Waals surface area contributed by atoms with Gasteiger partial charge >= 0.3 is 0 Å². The standard InChI is InChI=1S/C13H8N4S3/c1-3-11(18-5-1)9-7-17(16-15-9)13-14-10(8-20-13)12-4-2-6-19-12/h1-8H. The molecule has 20 heavy (non-hydrogen) atoms. The first-order chi connectivity index (χ1) is 9.90. The molecule has 0 aliphatic carbocycles. The molecule has 0 saturated heterocycles. The molecule has 0 amide bonds. The molecule has 0 N–H and O–H groups in total. The summed E-state index contributed by atoms with van der Waals surface area (Å²) < 4.78 is 1.73. The zero-order chi connectivity index (χ0) is 13.4. The van der Waals surface area contributed by atoms with Gasteiger partial charge in [0.15, 0.2) is 0 Å². The third-order valence-corrected chi connectivity index (χ3v) is 5.34. The Bertz CT molecular complexity index is 741. The van der Waals surface area contributed by atoms with E-state index in [0.717, 1.165) is 21.4 Å². The number of hydrogen-bond acceptors (Lipinski definition) is 6. The van der Waals surface area contributed by atoms with Gasteiger partial charge in [-0.1, -0.05) is 17.3 Å². The molecule has 7 heteroatoms. The summed E-state index contributed by atoms with van der Waals surface area (Å²) in [5.41, 5.74) is 1.88. The van der Waals surface area contributed by atoms with E-state index in [0.29, 0.717) is 0 Å². The van der Waals surface area contributed by atoms with E-state index < -0.39 is 0 Å². The lowest BCUT2D eigenvalue weighted by molar-refractivity contribution is 0.798. The SMILES string of the molecule is c1csc(-c2cn(-c3nc(-c4cccs4)cs3)nn2)c1. The van der Waals surface area contributed by atoms with Crippen molar-refractivity contribution in [2.45, 2.75) is 0 Å². The Labute approximate surface area is 127 Å². The summed E-state index contributed by atoms with van der Waals surface area (Å²) in [5, 5.41) is 15.3. The molecule has 4 nitrogen and oxygen atoms in total. The van der Waals surface area contributed by atoms with E-state index in [-0.39, 0.29) is 0 Å². The minimum atomic E-state index is 0.837. The lowest BCUT2D eigenvalue weighted by atomic mass is 10.4. The van der Waals surface area contributed by atoms with E-state index in [2.05, 4.69) is 26.7 Å². The van der Waals surface area contributed by atoms with Crippen molar-refractivity contribution < 1.29 is 0 Å². The van der Waals surface area contributed by atoms with Gasteiger partial charge in [0.1, 0.15) is 5.69 Å². The van der Waals surface area contributed by atoms with Crippen LogP contribution in [0.5, 0.6) is 0 Å². The van der Waals surface area contributed by atoms with Gasteiger partial charge in [0.25, 0.3) is 0 Å². The number of rotatable bonds is 3. The Balaban J connectivity index is 1.68. The highest BCUT2D eigenvalue weighted by Crippen LogP contribution is 2.28. The molecule has 4 rings (SSSR count). The first-order valence-electron chi connectivity index (χ1n) is 5.86. The van der Waals surface area contributed by atoms with Gasteiger partial charge in [0.2, 0.25) is 5.13 Å². The monoisotopic (exact) mass is 316 g/mol. The summed E-state index contributed by atoms with van der Waals surface area (Å²) in [6.07, 6.45) is 1.92. The fourth-order valence-corrected chi connectivity index (χ4v) is 3.98. The van der Waals surface area contributed by atoms with E-state index >= 15 is 0 Å². The molecule has 0 radical (unpaired) electrons. The predicted molar refractivity (Wildman–Crippen MR) is 83.7 cm³/mol. The van der Waals surface area contributed by atoms with Crippen molar-refractivity contribution in [3.05, 3.63) is 46.6 Å². The minimum absolute atomic E-state index is 0.837. The average Bonchev–Trinajstić information content (AvgIpc) is 3.22. The van der Waals surface area contributed by atoms with Gasteiger partial charge in [-0.25, -0.2) is 4.98 Å². The third kappa shape index (κ3) is 2.09. The maximum Gasteiger partial charge on any atom is 0.212 e. The van der Waals surface area contributed by atoms with Crippen LogP contribution >= 0.6 is 34.0 Å². The van der Waals surface area contributed by atoms with Crippen LogP contribution in [0.15, 0.2) is 46.6 Å². The Morgan fingerprint density at radius 2 is 1.65 bits per heavy atom. The molecule has 4 aromatic heterocycles. The molecule has 0 bridgehead atoms. The lowest BCUT2D eigenvalue weighted by Crippen LogP contribution is -1.93. The van der Waals surface area contributed by atoms with E-state index in [1.165, 1.54) is 4.88 Å². The Morgan fingerprint density at radius 3 is 2.35 bits per heavy atom. The molecule has 0 saturated carbocycles. The van der Waals surface area contributed by atoms with Gasteiger partial charge in [-0.3, -0.25) is 0 Å². The molecule has 0 aliphatic rings. The van der Waals surface area contributed by atoms with Crippen molar-refractivity contribution in [3.8, 4) is 26.3 Å². The van der Waals surface area contributed by atoms with Crippen LogP contribution in [0.1, 0.15) is 0 Å². The molecular formula is C13H8N4S3. The van der Waals surface area contributed by atoms with E-state index in [1.54, 1.807) is 38.7 Å². The number of aromatic nitrogens is 4. The molecular weight excluding hydrogens is 308 g/mol. The minimum Gasteiger partial charge on any atom is -0.217 e. The second-order valence-electron chi connectivity index (χ2n) is 4.02. The highest BCUT2D eigenvalue weighted by molar-refractivity contribution is 7.15. The first-order valence-corrected chi connectivity index (χ1v) is 8.50. The largest absolute Gasteiger partial charge is 0.217 e. The van der Waals surface area contributed by atoms with Gasteiger partial charge in [-0.05, 0) is 22.9 Å². The normalized spacial score (nSPS) is 11.0. The second-order valence-corrected chi connectivity index (χ2v) is 6.75. The smallest absolute Gasteiger partial charge is 0.212 e. The van der Waals surface area contributed by atoms with Crippen molar-refractivity contribution >= 4 is 34.0 Å². The van der Waals surface area contributed by atoms with Crippen molar-refractivity contribution in [2.75, 3.05) is 0 Å². The van der Waals surface area contributed by atoms with Crippen LogP contribution in [0.3, 0.4) is 0 Å². The highest BCUT2D eigenvalue weighted by atomic mass is 32.1. The van der Waals surface area contributed by atoms with Gasteiger partial charge < -0.3 is 0 Å². The third-order valence-electron chi connectivity index (χ3n) is 2.73. The van der Waals surface area contributed by atoms with E-state index in [9.17, 15) is 0 Å². The molecule has 4 heterocycles. The van der Waals surface area contributed by atoms with Crippen LogP contribution in [0, 0.1) is 0 Å².